The van der Waals surface area contributed by atoms with Gasteiger partial charge in [0.05, 0.1) is 0 Å². The van der Waals surface area contributed by atoms with Gasteiger partial charge in [0.2, 0.25) is 0 Å². The average Bonchev–Trinajstić information content (AvgIpc) is 1.63. The van der Waals surface area contributed by atoms with E-state index in [0.29, 0.717) is 11.2 Å². The molecule has 0 aliphatic rings. The van der Waals surface area contributed by atoms with E-state index in [4.69, 9.17) is 0 Å². The third-order valence-corrected chi connectivity index (χ3v) is 3.07. The third-order valence-electron chi connectivity index (χ3n) is 1.02. The van der Waals surface area contributed by atoms with Gasteiger partial charge in [-0.3, -0.25) is 4.21 Å². The van der Waals surface area contributed by atoms with Gasteiger partial charge in [-0.2, -0.15) is 0 Å². The van der Waals surface area contributed by atoms with Gasteiger partial charge in [0.1, 0.15) is 0 Å². The molecule has 9 heavy (non-hydrogen) atoms. The van der Waals surface area contributed by atoms with Crippen LogP contribution in [0.2, 0.25) is 0 Å². The van der Waals surface area contributed by atoms with Gasteiger partial charge >= 0.3 is 0 Å². The van der Waals surface area contributed by atoms with Crippen LogP contribution in [0.4, 0.5) is 0 Å². The fourth-order valence-corrected chi connectivity index (χ4v) is 1.56. The topological polar surface area (TPSA) is 17.1 Å². The first-order chi connectivity index (χ1) is 4.04. The summed E-state index contributed by atoms with van der Waals surface area (Å²) >= 11 is 0. The maximum absolute atomic E-state index is 11.1. The molecule has 56 valence electrons. The first-order valence-corrected chi connectivity index (χ1v) is 4.79. The van der Waals surface area contributed by atoms with E-state index in [1.54, 1.807) is 0 Å². The first kappa shape index (κ1) is 9.15. The lowest BCUT2D eigenvalue weighted by Gasteiger charge is -2.06. The molecule has 0 saturated heterocycles. The summed E-state index contributed by atoms with van der Waals surface area (Å²) in [7, 11) is -0.602. The van der Waals surface area contributed by atoms with Crippen molar-refractivity contribution >= 4 is 10.8 Å². The van der Waals surface area contributed by atoms with Gasteiger partial charge in [0.25, 0.3) is 0 Å². The van der Waals surface area contributed by atoms with Gasteiger partial charge in [0, 0.05) is 21.8 Å². The van der Waals surface area contributed by atoms with Crippen LogP contribution in [0, 0.1) is 5.92 Å². The molecular weight excluding hydrogens is 132 g/mol. The van der Waals surface area contributed by atoms with Crippen molar-refractivity contribution < 1.29 is 4.21 Å². The Morgan fingerprint density at radius 3 is 1.78 bits per heavy atom. The molecule has 0 aliphatic heterocycles. The van der Waals surface area contributed by atoms with E-state index < -0.39 is 10.8 Å². The van der Waals surface area contributed by atoms with Crippen molar-refractivity contribution in [2.24, 2.45) is 5.92 Å². The second-order valence-electron chi connectivity index (χ2n) is 2.99. The Kier molecular flexibility index (Phi) is 4.11. The maximum Gasteiger partial charge on any atom is 0.0291 e. The van der Waals surface area contributed by atoms with Gasteiger partial charge in [-0.15, -0.1) is 0 Å². The fraction of sp³-hybridized carbons (Fsp3) is 1.00. The SMILES string of the molecule is CC(C)C[S@](=O)C(C)C. The highest BCUT2D eigenvalue weighted by Gasteiger charge is 2.05. The van der Waals surface area contributed by atoms with E-state index in [2.05, 4.69) is 13.8 Å². The lowest BCUT2D eigenvalue weighted by atomic mass is 10.3. The monoisotopic (exact) mass is 148 g/mol. The molecule has 0 fully saturated rings. The Balaban J connectivity index is 3.51. The molecule has 0 spiro atoms. The summed E-state index contributed by atoms with van der Waals surface area (Å²) in [6.45, 7) is 8.19. The smallest absolute Gasteiger partial charge is 0.0291 e. The van der Waals surface area contributed by atoms with Gasteiger partial charge < -0.3 is 0 Å². The van der Waals surface area contributed by atoms with E-state index in [-0.39, 0.29) is 0 Å². The lowest BCUT2D eigenvalue weighted by Crippen LogP contribution is -2.13. The van der Waals surface area contributed by atoms with E-state index in [1.807, 2.05) is 13.8 Å². The molecule has 0 bridgehead atoms. The predicted octanol–water partition coefficient (Wildman–Crippen LogP) is 1.80. The summed E-state index contributed by atoms with van der Waals surface area (Å²) in [5.74, 6) is 1.41. The van der Waals surface area contributed by atoms with Crippen molar-refractivity contribution in [1.82, 2.24) is 0 Å². The Bertz CT molecular complexity index is 97.1. The zero-order chi connectivity index (χ0) is 7.44. The summed E-state index contributed by atoms with van der Waals surface area (Å²) in [6.07, 6.45) is 0. The van der Waals surface area contributed by atoms with Gasteiger partial charge in [-0.1, -0.05) is 27.7 Å². The van der Waals surface area contributed by atoms with E-state index in [0.717, 1.165) is 5.75 Å². The largest absolute Gasteiger partial charge is 0.259 e. The number of rotatable bonds is 3. The molecule has 0 aromatic heterocycles. The third kappa shape index (κ3) is 4.64. The van der Waals surface area contributed by atoms with Crippen molar-refractivity contribution in [3.63, 3.8) is 0 Å². The van der Waals surface area contributed by atoms with Crippen molar-refractivity contribution in [2.75, 3.05) is 5.75 Å². The minimum absolute atomic E-state index is 0.326. The van der Waals surface area contributed by atoms with Crippen molar-refractivity contribution in [1.29, 1.82) is 0 Å². The maximum atomic E-state index is 11.1. The highest BCUT2D eigenvalue weighted by atomic mass is 32.2. The minimum atomic E-state index is -0.602. The molecule has 1 atom stereocenters. The lowest BCUT2D eigenvalue weighted by molar-refractivity contribution is 0.658. The molecule has 0 unspecified atom stereocenters. The van der Waals surface area contributed by atoms with Crippen LogP contribution in [0.15, 0.2) is 0 Å². The Labute approximate surface area is 60.3 Å². The molecule has 0 radical (unpaired) electrons. The standard InChI is InChI=1S/C7H16OS/c1-6(2)5-9(8)7(3)4/h6-7H,5H2,1-4H3/t9-/m0/s1. The Hall–Kier alpha value is 0.150. The molecule has 1 nitrogen and oxygen atoms in total. The summed E-state index contributed by atoms with van der Waals surface area (Å²) in [5.41, 5.74) is 0. The Morgan fingerprint density at radius 2 is 1.67 bits per heavy atom. The van der Waals surface area contributed by atoms with Crippen LogP contribution >= 0.6 is 0 Å². The molecule has 0 amide bonds. The molecule has 0 aliphatic carbocycles. The predicted molar refractivity (Wildman–Crippen MR) is 43.0 cm³/mol. The number of hydrogen-bond donors (Lipinski definition) is 0. The van der Waals surface area contributed by atoms with Crippen LogP contribution in [0.5, 0.6) is 0 Å². The average molecular weight is 148 g/mol. The quantitative estimate of drug-likeness (QED) is 0.596. The van der Waals surface area contributed by atoms with Crippen molar-refractivity contribution in [3.05, 3.63) is 0 Å². The molecule has 0 rings (SSSR count). The van der Waals surface area contributed by atoms with Crippen LogP contribution in [-0.2, 0) is 10.8 Å². The van der Waals surface area contributed by atoms with Crippen LogP contribution in [0.25, 0.3) is 0 Å². The van der Waals surface area contributed by atoms with Crippen molar-refractivity contribution in [2.45, 2.75) is 32.9 Å². The zero-order valence-corrected chi connectivity index (χ0v) is 7.49. The van der Waals surface area contributed by atoms with Crippen molar-refractivity contribution in [3.8, 4) is 0 Å². The Morgan fingerprint density at radius 1 is 1.22 bits per heavy atom. The van der Waals surface area contributed by atoms with E-state index in [9.17, 15) is 4.21 Å². The molecule has 0 aromatic rings. The van der Waals surface area contributed by atoms with E-state index >= 15 is 0 Å². The summed E-state index contributed by atoms with van der Waals surface area (Å²) in [6, 6.07) is 0. The highest BCUT2D eigenvalue weighted by Crippen LogP contribution is 2.00. The van der Waals surface area contributed by atoms with Gasteiger partial charge in [-0.25, -0.2) is 0 Å². The van der Waals surface area contributed by atoms with Crippen LogP contribution in [0.3, 0.4) is 0 Å². The zero-order valence-electron chi connectivity index (χ0n) is 6.68. The summed E-state index contributed by atoms with van der Waals surface area (Å²) in [4.78, 5) is 0. The highest BCUT2D eigenvalue weighted by molar-refractivity contribution is 7.85. The molecule has 0 N–H and O–H groups in total. The normalized spacial score (nSPS) is 14.9. The second kappa shape index (κ2) is 4.04. The van der Waals surface area contributed by atoms with Crippen LogP contribution in [0.1, 0.15) is 27.7 Å². The van der Waals surface area contributed by atoms with Crippen LogP contribution in [-0.4, -0.2) is 15.2 Å². The van der Waals surface area contributed by atoms with Gasteiger partial charge in [-0.05, 0) is 5.92 Å². The second-order valence-corrected chi connectivity index (χ2v) is 5.03. The summed E-state index contributed by atoms with van der Waals surface area (Å²) < 4.78 is 11.1. The minimum Gasteiger partial charge on any atom is -0.259 e. The summed E-state index contributed by atoms with van der Waals surface area (Å²) in [5, 5.41) is 0.326. The van der Waals surface area contributed by atoms with E-state index in [1.165, 1.54) is 0 Å². The molecule has 0 heterocycles. The molecule has 2 heteroatoms. The van der Waals surface area contributed by atoms with Gasteiger partial charge in [0.15, 0.2) is 0 Å². The van der Waals surface area contributed by atoms with Crippen LogP contribution < -0.4 is 0 Å². The fourth-order valence-electron chi connectivity index (χ4n) is 0.521. The molecular formula is C7H16OS. The number of hydrogen-bond acceptors (Lipinski definition) is 1. The first-order valence-electron chi connectivity index (χ1n) is 3.41. The molecule has 0 saturated carbocycles. The molecule has 0 aromatic carbocycles.